The number of aromatic nitrogens is 4. The molecule has 5 rings (SSSR count). The van der Waals surface area contributed by atoms with Crippen molar-refractivity contribution in [1.29, 1.82) is 0 Å². The second-order valence-corrected chi connectivity index (χ2v) is 8.18. The van der Waals surface area contributed by atoms with Gasteiger partial charge in [-0.15, -0.1) is 0 Å². The van der Waals surface area contributed by atoms with Gasteiger partial charge in [-0.3, -0.25) is 9.78 Å². The number of carbonyl (C=O) groups is 2. The van der Waals surface area contributed by atoms with E-state index in [0.717, 1.165) is 23.2 Å². The van der Waals surface area contributed by atoms with Crippen molar-refractivity contribution < 1.29 is 37.1 Å². The van der Waals surface area contributed by atoms with Crippen LogP contribution in [0.1, 0.15) is 33.9 Å². The number of aliphatic carboxylic acids is 1. The smallest absolute Gasteiger partial charge is 0.475 e. The predicted molar refractivity (Wildman–Crippen MR) is 112 cm³/mol. The Labute approximate surface area is 196 Å². The van der Waals surface area contributed by atoms with Crippen LogP contribution in [0, 0.1) is 6.92 Å². The molecule has 0 aromatic carbocycles. The molecule has 13 heteroatoms. The Kier molecular flexibility index (Phi) is 6.52. The maximum atomic E-state index is 12.8. The highest BCUT2D eigenvalue weighted by molar-refractivity contribution is 5.92. The summed E-state index contributed by atoms with van der Waals surface area (Å²) < 4.78 is 42.6. The van der Waals surface area contributed by atoms with Crippen LogP contribution in [-0.2, 0) is 21.6 Å². The largest absolute Gasteiger partial charge is 0.490 e. The monoisotopic (exact) mass is 491 g/mol. The van der Waals surface area contributed by atoms with Crippen molar-refractivity contribution in [2.75, 3.05) is 19.7 Å². The number of aryl methyl sites for hydroxylation is 1. The predicted octanol–water partition coefficient (Wildman–Crippen LogP) is 2.78. The fourth-order valence-electron chi connectivity index (χ4n) is 4.02. The van der Waals surface area contributed by atoms with Gasteiger partial charge < -0.3 is 19.3 Å². The van der Waals surface area contributed by atoms with Gasteiger partial charge in [0.05, 0.1) is 24.3 Å². The lowest BCUT2D eigenvalue weighted by Gasteiger charge is -2.34. The quantitative estimate of drug-likeness (QED) is 0.575. The third-order valence-corrected chi connectivity index (χ3v) is 5.65. The third-order valence-electron chi connectivity index (χ3n) is 5.65. The highest BCUT2D eigenvalue weighted by atomic mass is 19.4. The minimum atomic E-state index is -5.08. The van der Waals surface area contributed by atoms with Crippen LogP contribution in [0.2, 0.25) is 0 Å². The Morgan fingerprint density at radius 2 is 2.03 bits per heavy atom. The fraction of sp³-hybridized carbons (Fsp3) is 0.364. The molecule has 35 heavy (non-hydrogen) atoms. The van der Waals surface area contributed by atoms with Crippen LogP contribution in [0.3, 0.4) is 0 Å². The first kappa shape index (κ1) is 24.3. The standard InChI is InChI=1S/C20H19N5O3.C2HF3O2/c1-13-7-16(24-28-13)19(26)25-6-4-20(11-25)12-27-10-15-9-22-18(23-17(15)20)14-3-2-5-21-8-14;3-2(4,5)1(6)7/h2-3,5,7-9H,4,6,10-12H2,1H3;(H,6,7). The first-order valence-corrected chi connectivity index (χ1v) is 10.5. The Hall–Kier alpha value is -3.87. The second-order valence-electron chi connectivity index (χ2n) is 8.18. The normalized spacial score (nSPS) is 19.1. The topological polar surface area (TPSA) is 132 Å². The fourth-order valence-corrected chi connectivity index (χ4v) is 4.02. The maximum absolute atomic E-state index is 12.8. The summed E-state index contributed by atoms with van der Waals surface area (Å²) in [6.07, 6.45) is 1.01. The molecular weight excluding hydrogens is 471 g/mol. The number of alkyl halides is 3. The lowest BCUT2D eigenvalue weighted by atomic mass is 9.80. The number of hydrogen-bond acceptors (Lipinski definition) is 8. The van der Waals surface area contributed by atoms with Crippen molar-refractivity contribution in [1.82, 2.24) is 25.0 Å². The van der Waals surface area contributed by atoms with E-state index in [1.165, 1.54) is 0 Å². The molecule has 1 spiro atoms. The van der Waals surface area contributed by atoms with E-state index < -0.39 is 12.1 Å². The zero-order chi connectivity index (χ0) is 25.2. The van der Waals surface area contributed by atoms with E-state index in [0.29, 0.717) is 43.6 Å². The molecule has 0 aliphatic carbocycles. The van der Waals surface area contributed by atoms with Gasteiger partial charge in [0, 0.05) is 48.9 Å². The van der Waals surface area contributed by atoms with Gasteiger partial charge in [0.15, 0.2) is 11.5 Å². The maximum Gasteiger partial charge on any atom is 0.490 e. The summed E-state index contributed by atoms with van der Waals surface area (Å²) in [7, 11) is 0. The molecule has 3 aromatic heterocycles. The van der Waals surface area contributed by atoms with E-state index >= 15 is 0 Å². The van der Waals surface area contributed by atoms with Gasteiger partial charge in [0.1, 0.15) is 5.76 Å². The van der Waals surface area contributed by atoms with E-state index in [-0.39, 0.29) is 11.3 Å². The van der Waals surface area contributed by atoms with Crippen LogP contribution in [0.25, 0.3) is 11.4 Å². The van der Waals surface area contributed by atoms with Crippen LogP contribution in [-0.4, -0.2) is 67.9 Å². The number of rotatable bonds is 2. The summed E-state index contributed by atoms with van der Waals surface area (Å²) in [5.74, 6) is -1.61. The molecule has 0 radical (unpaired) electrons. The molecule has 1 unspecified atom stereocenters. The van der Waals surface area contributed by atoms with Crippen LogP contribution in [0.4, 0.5) is 13.2 Å². The number of hydrogen-bond donors (Lipinski definition) is 1. The minimum absolute atomic E-state index is 0.123. The van der Waals surface area contributed by atoms with Crippen molar-refractivity contribution in [3.05, 3.63) is 59.5 Å². The third kappa shape index (κ3) is 5.14. The lowest BCUT2D eigenvalue weighted by molar-refractivity contribution is -0.192. The van der Waals surface area contributed by atoms with Gasteiger partial charge in [-0.25, -0.2) is 14.8 Å². The van der Waals surface area contributed by atoms with Crippen molar-refractivity contribution in [3.8, 4) is 11.4 Å². The molecule has 1 saturated heterocycles. The van der Waals surface area contributed by atoms with E-state index in [1.54, 1.807) is 25.4 Å². The molecule has 1 amide bonds. The van der Waals surface area contributed by atoms with E-state index in [4.69, 9.17) is 24.1 Å². The summed E-state index contributed by atoms with van der Waals surface area (Å²) in [6, 6.07) is 5.48. The number of pyridine rings is 1. The summed E-state index contributed by atoms with van der Waals surface area (Å²) in [5, 5.41) is 11.0. The average Bonchev–Trinajstić information content (AvgIpc) is 3.46. The van der Waals surface area contributed by atoms with Gasteiger partial charge in [-0.2, -0.15) is 13.2 Å². The SMILES string of the molecule is Cc1cc(C(=O)N2CCC3(COCc4cnc(-c5cccnc5)nc43)C2)no1.O=C(O)C(F)(F)F. The molecule has 2 aliphatic heterocycles. The lowest BCUT2D eigenvalue weighted by Crippen LogP contribution is -2.41. The molecule has 3 aromatic rings. The van der Waals surface area contributed by atoms with Crippen LogP contribution in [0.5, 0.6) is 0 Å². The van der Waals surface area contributed by atoms with Gasteiger partial charge >= 0.3 is 12.1 Å². The number of fused-ring (bicyclic) bond motifs is 2. The summed E-state index contributed by atoms with van der Waals surface area (Å²) in [5.41, 5.74) is 2.83. The second kappa shape index (κ2) is 9.41. The molecular formula is C22H20F3N5O5. The van der Waals surface area contributed by atoms with Gasteiger partial charge in [-0.05, 0) is 25.5 Å². The number of halogens is 3. The first-order chi connectivity index (χ1) is 16.6. The van der Waals surface area contributed by atoms with Crippen LogP contribution >= 0.6 is 0 Å². The van der Waals surface area contributed by atoms with Gasteiger partial charge in [0.2, 0.25) is 0 Å². The molecule has 2 aliphatic rings. The Balaban J connectivity index is 0.000000364. The number of carboxylic acids is 1. The van der Waals surface area contributed by atoms with E-state index in [1.807, 2.05) is 23.2 Å². The van der Waals surface area contributed by atoms with Crippen molar-refractivity contribution in [2.45, 2.75) is 31.5 Å². The molecule has 1 fully saturated rings. The Bertz CT molecular complexity index is 1230. The number of likely N-dealkylation sites (tertiary alicyclic amines) is 1. The van der Waals surface area contributed by atoms with Crippen molar-refractivity contribution >= 4 is 11.9 Å². The molecule has 1 atom stereocenters. The Morgan fingerprint density at radius 3 is 2.66 bits per heavy atom. The van der Waals surface area contributed by atoms with Crippen LogP contribution in [0.15, 0.2) is 41.3 Å². The molecule has 0 saturated carbocycles. The minimum Gasteiger partial charge on any atom is -0.475 e. The zero-order valence-electron chi connectivity index (χ0n) is 18.4. The van der Waals surface area contributed by atoms with Crippen molar-refractivity contribution in [3.63, 3.8) is 0 Å². The van der Waals surface area contributed by atoms with Gasteiger partial charge in [-0.1, -0.05) is 5.16 Å². The number of nitrogens with zero attached hydrogens (tertiary/aromatic N) is 5. The summed E-state index contributed by atoms with van der Waals surface area (Å²) in [4.78, 5) is 37.0. The van der Waals surface area contributed by atoms with Crippen LogP contribution < -0.4 is 0 Å². The molecule has 184 valence electrons. The molecule has 5 heterocycles. The summed E-state index contributed by atoms with van der Waals surface area (Å²) >= 11 is 0. The Morgan fingerprint density at radius 1 is 1.26 bits per heavy atom. The average molecular weight is 491 g/mol. The number of amides is 1. The first-order valence-electron chi connectivity index (χ1n) is 10.5. The van der Waals surface area contributed by atoms with E-state index in [9.17, 15) is 18.0 Å². The molecule has 10 nitrogen and oxygen atoms in total. The zero-order valence-corrected chi connectivity index (χ0v) is 18.4. The number of carboxylic acid groups (broad SMARTS) is 1. The number of carbonyl (C=O) groups excluding carboxylic acids is 1. The van der Waals surface area contributed by atoms with Gasteiger partial charge in [0.25, 0.3) is 5.91 Å². The summed E-state index contributed by atoms with van der Waals surface area (Å²) in [6.45, 7) is 3.96. The highest BCUT2D eigenvalue weighted by Crippen LogP contribution is 2.40. The highest BCUT2D eigenvalue weighted by Gasteiger charge is 2.46. The molecule has 1 N–H and O–H groups in total. The molecule has 0 bridgehead atoms. The van der Waals surface area contributed by atoms with Crippen molar-refractivity contribution in [2.24, 2.45) is 0 Å². The van der Waals surface area contributed by atoms with E-state index in [2.05, 4.69) is 15.1 Å². The number of ether oxygens (including phenoxy) is 1.